The summed E-state index contributed by atoms with van der Waals surface area (Å²) < 4.78 is 0. The molecule has 0 bridgehead atoms. The van der Waals surface area contributed by atoms with Crippen molar-refractivity contribution >= 4 is 47.2 Å². The first-order chi connectivity index (χ1) is 12.0. The van der Waals surface area contributed by atoms with Crippen molar-refractivity contribution in [3.8, 4) is 0 Å². The number of amides is 1. The minimum atomic E-state index is -0.295. The van der Waals surface area contributed by atoms with Gasteiger partial charge in [-0.3, -0.25) is 4.79 Å². The molecule has 1 aromatic rings. The van der Waals surface area contributed by atoms with E-state index >= 15 is 0 Å². The minimum absolute atomic E-state index is 0. The first kappa shape index (κ1) is 23.1. The van der Waals surface area contributed by atoms with Gasteiger partial charge in [0, 0.05) is 38.3 Å². The molecule has 1 amide bonds. The second-order valence-corrected chi connectivity index (χ2v) is 8.01. The predicted octanol–water partition coefficient (Wildman–Crippen LogP) is 3.03. The highest BCUT2D eigenvalue weighted by molar-refractivity contribution is 14.0. The highest BCUT2D eigenvalue weighted by atomic mass is 127. The third-order valence-electron chi connectivity index (χ3n) is 4.68. The molecule has 1 aliphatic rings. The molecule has 0 aliphatic heterocycles. The molecule has 0 saturated heterocycles. The number of carbonyl (C=O) groups is 1. The Balaban J connectivity index is 0.00000338. The quantitative estimate of drug-likeness (QED) is 0.348. The first-order valence-electron chi connectivity index (χ1n) is 9.18. The molecule has 0 aromatic carbocycles. The average Bonchev–Trinajstić information content (AvgIpc) is 3.26. The topological polar surface area (TPSA) is 69.6 Å². The van der Waals surface area contributed by atoms with Crippen LogP contribution in [0.3, 0.4) is 0 Å². The monoisotopic (exact) mass is 493 g/mol. The molecule has 1 heterocycles. The van der Waals surface area contributed by atoms with Gasteiger partial charge in [0.05, 0.1) is 12.0 Å². The second-order valence-electron chi connectivity index (χ2n) is 6.81. The van der Waals surface area contributed by atoms with Gasteiger partial charge in [-0.15, -0.1) is 35.3 Å². The van der Waals surface area contributed by atoms with E-state index in [0.717, 1.165) is 49.6 Å². The number of aromatic nitrogens is 1. The summed E-state index contributed by atoms with van der Waals surface area (Å²) in [5.74, 6) is 0.981. The molecule has 1 aliphatic carbocycles. The number of halogens is 1. The summed E-state index contributed by atoms with van der Waals surface area (Å²) in [5, 5.41) is 7.69. The number of rotatable bonds is 7. The van der Waals surface area contributed by atoms with E-state index in [0.29, 0.717) is 13.1 Å². The molecule has 26 heavy (non-hydrogen) atoms. The number of hydrogen-bond donors (Lipinski definition) is 2. The van der Waals surface area contributed by atoms with Crippen LogP contribution >= 0.6 is 35.3 Å². The van der Waals surface area contributed by atoms with Crippen LogP contribution in [0.4, 0.5) is 0 Å². The lowest BCUT2D eigenvalue weighted by molar-refractivity contribution is -0.138. The van der Waals surface area contributed by atoms with Crippen LogP contribution in [0.1, 0.15) is 49.4 Å². The third-order valence-corrected chi connectivity index (χ3v) is 5.81. The predicted molar refractivity (Wildman–Crippen MR) is 119 cm³/mol. The Morgan fingerprint density at radius 3 is 2.54 bits per heavy atom. The molecule has 148 valence electrons. The number of aryl methyl sites for hydroxylation is 1. The lowest BCUT2D eigenvalue weighted by Gasteiger charge is -2.31. The van der Waals surface area contributed by atoms with Crippen molar-refractivity contribution in [2.75, 3.05) is 27.2 Å². The van der Waals surface area contributed by atoms with E-state index in [2.05, 4.69) is 27.5 Å². The summed E-state index contributed by atoms with van der Waals surface area (Å²) in [5.41, 5.74) is -0.295. The molecule has 2 rings (SSSR count). The molecule has 0 radical (unpaired) electrons. The maximum absolute atomic E-state index is 12.7. The zero-order chi connectivity index (χ0) is 18.3. The molecule has 0 spiro atoms. The van der Waals surface area contributed by atoms with Crippen LogP contribution in [0.5, 0.6) is 0 Å². The SMILES string of the molecule is CCNC(=NCc1ncc(CC)s1)NCC1(C(=O)N(C)C)CCCC1.I. The van der Waals surface area contributed by atoms with Gasteiger partial charge in [0.2, 0.25) is 5.91 Å². The standard InChI is InChI=1S/C18H31N5OS.HI/c1-5-14-11-20-15(25-14)12-21-17(19-6-2)22-13-18(9-7-8-10-18)16(24)23(3)4;/h11H,5-10,12-13H2,1-4H3,(H2,19,21,22);1H. The van der Waals surface area contributed by atoms with Crippen LogP contribution in [0.15, 0.2) is 11.2 Å². The lowest BCUT2D eigenvalue weighted by Crippen LogP contribution is -2.49. The van der Waals surface area contributed by atoms with E-state index in [1.54, 1.807) is 16.2 Å². The van der Waals surface area contributed by atoms with Crippen molar-refractivity contribution in [3.05, 3.63) is 16.1 Å². The van der Waals surface area contributed by atoms with Crippen LogP contribution in [0, 0.1) is 5.41 Å². The number of nitrogens with zero attached hydrogens (tertiary/aromatic N) is 3. The number of aliphatic imine (C=N–C) groups is 1. The van der Waals surface area contributed by atoms with Crippen molar-refractivity contribution in [1.29, 1.82) is 0 Å². The van der Waals surface area contributed by atoms with Gasteiger partial charge >= 0.3 is 0 Å². The smallest absolute Gasteiger partial charge is 0.230 e. The minimum Gasteiger partial charge on any atom is -0.357 e. The molecule has 1 fully saturated rings. The van der Waals surface area contributed by atoms with Gasteiger partial charge in [-0.1, -0.05) is 19.8 Å². The molecule has 2 N–H and O–H groups in total. The largest absolute Gasteiger partial charge is 0.357 e. The average molecular weight is 493 g/mol. The van der Waals surface area contributed by atoms with E-state index < -0.39 is 0 Å². The molecule has 0 unspecified atom stereocenters. The maximum Gasteiger partial charge on any atom is 0.230 e. The normalized spacial score (nSPS) is 16.1. The van der Waals surface area contributed by atoms with Crippen LogP contribution in [0.25, 0.3) is 0 Å². The number of nitrogens with one attached hydrogen (secondary N) is 2. The van der Waals surface area contributed by atoms with Crippen LogP contribution < -0.4 is 10.6 Å². The summed E-state index contributed by atoms with van der Waals surface area (Å²) in [6.45, 7) is 6.17. The van der Waals surface area contributed by atoms with Gasteiger partial charge in [-0.25, -0.2) is 9.98 Å². The van der Waals surface area contributed by atoms with E-state index in [4.69, 9.17) is 0 Å². The Bertz CT molecular complexity index is 596. The van der Waals surface area contributed by atoms with Gasteiger partial charge in [0.15, 0.2) is 5.96 Å². The van der Waals surface area contributed by atoms with Crippen LogP contribution in [0.2, 0.25) is 0 Å². The molecule has 1 saturated carbocycles. The highest BCUT2D eigenvalue weighted by Crippen LogP contribution is 2.38. The van der Waals surface area contributed by atoms with E-state index in [1.807, 2.05) is 27.2 Å². The zero-order valence-electron chi connectivity index (χ0n) is 16.3. The van der Waals surface area contributed by atoms with E-state index in [-0.39, 0.29) is 35.3 Å². The fourth-order valence-electron chi connectivity index (χ4n) is 3.32. The van der Waals surface area contributed by atoms with Gasteiger partial charge in [-0.05, 0) is 26.2 Å². The van der Waals surface area contributed by atoms with Gasteiger partial charge in [-0.2, -0.15) is 0 Å². The Morgan fingerprint density at radius 2 is 2.00 bits per heavy atom. The van der Waals surface area contributed by atoms with Crippen molar-refractivity contribution in [3.63, 3.8) is 0 Å². The van der Waals surface area contributed by atoms with Crippen molar-refractivity contribution < 1.29 is 4.79 Å². The van der Waals surface area contributed by atoms with Crippen LogP contribution in [-0.4, -0.2) is 48.9 Å². The fraction of sp³-hybridized carbons (Fsp3) is 0.722. The van der Waals surface area contributed by atoms with Gasteiger partial charge in [0.1, 0.15) is 5.01 Å². The van der Waals surface area contributed by atoms with Crippen molar-refractivity contribution in [2.45, 2.75) is 52.5 Å². The Hall–Kier alpha value is -0.900. The van der Waals surface area contributed by atoms with Gasteiger partial charge < -0.3 is 15.5 Å². The second kappa shape index (κ2) is 11.1. The molecular formula is C18H32IN5OS. The molecular weight excluding hydrogens is 461 g/mol. The first-order valence-corrected chi connectivity index (χ1v) is 10.00. The number of guanidine groups is 1. The molecule has 0 atom stereocenters. The molecule has 6 nitrogen and oxygen atoms in total. The summed E-state index contributed by atoms with van der Waals surface area (Å²) >= 11 is 1.71. The van der Waals surface area contributed by atoms with E-state index in [1.165, 1.54) is 4.88 Å². The number of thiazole rings is 1. The van der Waals surface area contributed by atoms with Crippen molar-refractivity contribution in [1.82, 2.24) is 20.5 Å². The lowest BCUT2D eigenvalue weighted by atomic mass is 9.84. The summed E-state index contributed by atoms with van der Waals surface area (Å²) in [6, 6.07) is 0. The third kappa shape index (κ3) is 6.07. The Labute approximate surface area is 178 Å². The highest BCUT2D eigenvalue weighted by Gasteiger charge is 2.42. The molecule has 8 heteroatoms. The zero-order valence-corrected chi connectivity index (χ0v) is 19.4. The summed E-state index contributed by atoms with van der Waals surface area (Å²) in [4.78, 5) is 24.7. The van der Waals surface area contributed by atoms with E-state index in [9.17, 15) is 4.79 Å². The van der Waals surface area contributed by atoms with Crippen LogP contribution in [-0.2, 0) is 17.8 Å². The number of hydrogen-bond acceptors (Lipinski definition) is 4. The Morgan fingerprint density at radius 1 is 1.31 bits per heavy atom. The molecule has 1 aromatic heterocycles. The maximum atomic E-state index is 12.7. The van der Waals surface area contributed by atoms with Gasteiger partial charge in [0.25, 0.3) is 0 Å². The van der Waals surface area contributed by atoms with Crippen molar-refractivity contribution in [2.24, 2.45) is 10.4 Å². The summed E-state index contributed by atoms with van der Waals surface area (Å²) in [6.07, 6.45) is 7.07. The number of carbonyl (C=O) groups excluding carboxylic acids is 1. The fourth-order valence-corrected chi connectivity index (χ4v) is 4.11. The Kier molecular flexibility index (Phi) is 9.84. The summed E-state index contributed by atoms with van der Waals surface area (Å²) in [7, 11) is 3.69.